The highest BCUT2D eigenvalue weighted by molar-refractivity contribution is 5.82. The van der Waals surface area contributed by atoms with Crippen molar-refractivity contribution < 1.29 is 19.4 Å². The highest BCUT2D eigenvalue weighted by Crippen LogP contribution is 2.20. The molecule has 0 bridgehead atoms. The highest BCUT2D eigenvalue weighted by Gasteiger charge is 2.28. The van der Waals surface area contributed by atoms with Crippen LogP contribution >= 0.6 is 0 Å². The Bertz CT molecular complexity index is 484. The number of ether oxygens (including phenoxy) is 1. The first-order valence-corrected chi connectivity index (χ1v) is 6.92. The van der Waals surface area contributed by atoms with Gasteiger partial charge in [0.25, 0.3) is 5.91 Å². The molecule has 1 N–H and O–H groups in total. The van der Waals surface area contributed by atoms with Gasteiger partial charge in [0.1, 0.15) is 0 Å². The maximum atomic E-state index is 12.5. The van der Waals surface area contributed by atoms with Crippen molar-refractivity contribution in [1.82, 2.24) is 9.80 Å². The summed E-state index contributed by atoms with van der Waals surface area (Å²) in [6, 6.07) is 9.38. The first kappa shape index (κ1) is 15.5. The molecular weight excluding hydrogens is 272 g/mol. The van der Waals surface area contributed by atoms with Crippen molar-refractivity contribution in [2.45, 2.75) is 6.10 Å². The van der Waals surface area contributed by atoms with E-state index in [1.165, 1.54) is 7.11 Å². The van der Waals surface area contributed by atoms with E-state index >= 15 is 0 Å². The van der Waals surface area contributed by atoms with Gasteiger partial charge in [-0.15, -0.1) is 0 Å². The monoisotopic (exact) mass is 292 g/mol. The number of carboxylic acids is 1. The molecule has 6 nitrogen and oxygen atoms in total. The molecule has 0 aliphatic carbocycles. The molecule has 1 saturated heterocycles. The van der Waals surface area contributed by atoms with Crippen LogP contribution in [0.25, 0.3) is 0 Å². The normalized spacial score (nSPS) is 17.5. The number of rotatable bonds is 5. The number of carboxylic acid groups (broad SMARTS) is 1. The van der Waals surface area contributed by atoms with E-state index in [0.29, 0.717) is 26.2 Å². The molecule has 1 aromatic rings. The molecule has 0 spiro atoms. The van der Waals surface area contributed by atoms with Gasteiger partial charge < -0.3 is 14.7 Å². The Balaban J connectivity index is 1.96. The number of piperazine rings is 1. The largest absolute Gasteiger partial charge is 0.480 e. The van der Waals surface area contributed by atoms with E-state index in [2.05, 4.69) is 0 Å². The number of carbonyl (C=O) groups excluding carboxylic acids is 1. The highest BCUT2D eigenvalue weighted by atomic mass is 16.5. The average Bonchev–Trinajstić information content (AvgIpc) is 2.49. The molecule has 0 saturated carbocycles. The van der Waals surface area contributed by atoms with Gasteiger partial charge in [-0.25, -0.2) is 0 Å². The summed E-state index contributed by atoms with van der Waals surface area (Å²) in [4.78, 5) is 26.8. The predicted molar refractivity (Wildman–Crippen MR) is 76.8 cm³/mol. The van der Waals surface area contributed by atoms with Gasteiger partial charge in [0.05, 0.1) is 6.54 Å². The van der Waals surface area contributed by atoms with Gasteiger partial charge >= 0.3 is 5.97 Å². The maximum Gasteiger partial charge on any atom is 0.317 e. The van der Waals surface area contributed by atoms with E-state index in [-0.39, 0.29) is 12.5 Å². The van der Waals surface area contributed by atoms with Crippen molar-refractivity contribution >= 4 is 11.9 Å². The number of benzene rings is 1. The molecule has 6 heteroatoms. The van der Waals surface area contributed by atoms with Crippen LogP contribution in [0.2, 0.25) is 0 Å². The van der Waals surface area contributed by atoms with Crippen molar-refractivity contribution in [3.8, 4) is 0 Å². The van der Waals surface area contributed by atoms with Crippen molar-refractivity contribution in [2.24, 2.45) is 0 Å². The third-order valence-corrected chi connectivity index (χ3v) is 3.61. The summed E-state index contributed by atoms with van der Waals surface area (Å²) in [5.41, 5.74) is 0.831. The van der Waals surface area contributed by atoms with Gasteiger partial charge in [0, 0.05) is 33.3 Å². The van der Waals surface area contributed by atoms with E-state index in [1.54, 1.807) is 4.90 Å². The number of nitrogens with zero attached hydrogens (tertiary/aromatic N) is 2. The Labute approximate surface area is 123 Å². The lowest BCUT2D eigenvalue weighted by molar-refractivity contribution is -0.145. The minimum Gasteiger partial charge on any atom is -0.480 e. The third-order valence-electron chi connectivity index (χ3n) is 3.61. The second-order valence-corrected chi connectivity index (χ2v) is 5.02. The van der Waals surface area contributed by atoms with E-state index < -0.39 is 12.1 Å². The molecule has 1 heterocycles. The van der Waals surface area contributed by atoms with E-state index in [9.17, 15) is 9.59 Å². The minimum absolute atomic E-state index is 0.0222. The quantitative estimate of drug-likeness (QED) is 0.861. The third kappa shape index (κ3) is 4.03. The SMILES string of the molecule is COC(C(=O)N1CCN(CC(=O)O)CC1)c1ccccc1. The summed E-state index contributed by atoms with van der Waals surface area (Å²) in [5.74, 6) is -0.910. The summed E-state index contributed by atoms with van der Waals surface area (Å²) in [6.07, 6.45) is -0.600. The lowest BCUT2D eigenvalue weighted by atomic mass is 10.1. The van der Waals surface area contributed by atoms with E-state index in [1.807, 2.05) is 35.2 Å². The zero-order valence-corrected chi connectivity index (χ0v) is 12.1. The van der Waals surface area contributed by atoms with Crippen LogP contribution in [0.1, 0.15) is 11.7 Å². The lowest BCUT2D eigenvalue weighted by Gasteiger charge is -2.35. The van der Waals surface area contributed by atoms with Crippen molar-refractivity contribution in [2.75, 3.05) is 39.8 Å². The molecule has 1 atom stereocenters. The Morgan fingerprint density at radius 1 is 1.19 bits per heavy atom. The molecule has 1 unspecified atom stereocenters. The molecule has 0 radical (unpaired) electrons. The fourth-order valence-electron chi connectivity index (χ4n) is 2.49. The topological polar surface area (TPSA) is 70.1 Å². The van der Waals surface area contributed by atoms with Crippen LogP contribution < -0.4 is 0 Å². The zero-order chi connectivity index (χ0) is 15.2. The molecule has 1 fully saturated rings. The van der Waals surface area contributed by atoms with E-state index in [0.717, 1.165) is 5.56 Å². The predicted octanol–water partition coefficient (Wildman–Crippen LogP) is 0.603. The minimum atomic E-state index is -0.839. The molecule has 1 aliphatic heterocycles. The fraction of sp³-hybridized carbons (Fsp3) is 0.467. The van der Waals surface area contributed by atoms with Gasteiger partial charge in [-0.1, -0.05) is 30.3 Å². The molecule has 114 valence electrons. The van der Waals surface area contributed by atoms with Crippen LogP contribution in [0.5, 0.6) is 0 Å². The Hall–Kier alpha value is -1.92. The smallest absolute Gasteiger partial charge is 0.317 e. The Kier molecular flexibility index (Phi) is 5.30. The van der Waals surface area contributed by atoms with Crippen molar-refractivity contribution in [3.63, 3.8) is 0 Å². The van der Waals surface area contributed by atoms with Crippen LogP contribution in [0.4, 0.5) is 0 Å². The summed E-state index contributed by atoms with van der Waals surface area (Å²) in [5, 5.41) is 8.77. The van der Waals surface area contributed by atoms with Crippen LogP contribution in [0.15, 0.2) is 30.3 Å². The van der Waals surface area contributed by atoms with Crippen LogP contribution in [-0.4, -0.2) is 66.6 Å². The number of amides is 1. The Morgan fingerprint density at radius 3 is 2.33 bits per heavy atom. The number of hydrogen-bond acceptors (Lipinski definition) is 4. The first-order valence-electron chi connectivity index (χ1n) is 6.92. The van der Waals surface area contributed by atoms with Gasteiger partial charge in [-0.3, -0.25) is 14.5 Å². The van der Waals surface area contributed by atoms with Gasteiger partial charge in [0.2, 0.25) is 0 Å². The fourth-order valence-corrected chi connectivity index (χ4v) is 2.49. The summed E-state index contributed by atoms with van der Waals surface area (Å²) in [7, 11) is 1.52. The van der Waals surface area contributed by atoms with Gasteiger partial charge in [-0.05, 0) is 5.56 Å². The molecule has 2 rings (SSSR count). The first-order chi connectivity index (χ1) is 10.1. The number of hydrogen-bond donors (Lipinski definition) is 1. The standard InChI is InChI=1S/C15H20N2O4/c1-21-14(12-5-3-2-4-6-12)15(20)17-9-7-16(8-10-17)11-13(18)19/h2-6,14H,7-11H2,1H3,(H,18,19). The number of aliphatic carboxylic acids is 1. The van der Waals surface area contributed by atoms with E-state index in [4.69, 9.17) is 9.84 Å². The summed E-state index contributed by atoms with van der Waals surface area (Å²) < 4.78 is 5.34. The summed E-state index contributed by atoms with van der Waals surface area (Å²) in [6.45, 7) is 2.22. The zero-order valence-electron chi connectivity index (χ0n) is 12.1. The number of methoxy groups -OCH3 is 1. The summed E-state index contributed by atoms with van der Waals surface area (Å²) >= 11 is 0. The molecule has 21 heavy (non-hydrogen) atoms. The Morgan fingerprint density at radius 2 is 1.81 bits per heavy atom. The maximum absolute atomic E-state index is 12.5. The molecular formula is C15H20N2O4. The van der Waals surface area contributed by atoms with Crippen LogP contribution in [0.3, 0.4) is 0 Å². The van der Waals surface area contributed by atoms with Crippen molar-refractivity contribution in [1.29, 1.82) is 0 Å². The lowest BCUT2D eigenvalue weighted by Crippen LogP contribution is -2.51. The van der Waals surface area contributed by atoms with Crippen molar-refractivity contribution in [3.05, 3.63) is 35.9 Å². The average molecular weight is 292 g/mol. The number of carbonyl (C=O) groups is 2. The van der Waals surface area contributed by atoms with Gasteiger partial charge in [-0.2, -0.15) is 0 Å². The molecule has 1 aromatic carbocycles. The van der Waals surface area contributed by atoms with Gasteiger partial charge in [0.15, 0.2) is 6.10 Å². The molecule has 1 amide bonds. The van der Waals surface area contributed by atoms with Crippen LogP contribution in [-0.2, 0) is 14.3 Å². The molecule has 1 aliphatic rings. The molecule has 0 aromatic heterocycles. The second-order valence-electron chi connectivity index (χ2n) is 5.02. The second kappa shape index (κ2) is 7.19. The van der Waals surface area contributed by atoms with Crippen LogP contribution in [0, 0.1) is 0 Å².